The summed E-state index contributed by atoms with van der Waals surface area (Å²) in [6.45, 7) is 3.19. The smallest absolute Gasteiger partial charge is 0.292 e. The maximum atomic E-state index is 12.7. The number of amides is 1. The lowest BCUT2D eigenvalue weighted by molar-refractivity contribution is -0.383. The first-order valence-electron chi connectivity index (χ1n) is 10.8. The molecule has 1 aliphatic rings. The van der Waals surface area contributed by atoms with Crippen molar-refractivity contribution in [3.8, 4) is 0 Å². The van der Waals surface area contributed by atoms with Gasteiger partial charge in [0.25, 0.3) is 11.6 Å². The predicted molar refractivity (Wildman–Crippen MR) is 126 cm³/mol. The van der Waals surface area contributed by atoms with E-state index >= 15 is 0 Å². The fraction of sp³-hybridized carbons (Fsp3) is 0.240. The van der Waals surface area contributed by atoms with Crippen LogP contribution in [-0.4, -0.2) is 48.5 Å². The third-order valence-corrected chi connectivity index (χ3v) is 5.70. The van der Waals surface area contributed by atoms with Crippen LogP contribution in [0.25, 0.3) is 0 Å². The summed E-state index contributed by atoms with van der Waals surface area (Å²) in [6, 6.07) is 24.5. The number of nitro benzene ring substituents is 1. The fourth-order valence-corrected chi connectivity index (χ4v) is 3.94. The summed E-state index contributed by atoms with van der Waals surface area (Å²) in [4.78, 5) is 27.8. The van der Waals surface area contributed by atoms with Gasteiger partial charge in [-0.05, 0) is 36.2 Å². The van der Waals surface area contributed by atoms with Crippen molar-refractivity contribution in [1.82, 2.24) is 4.90 Å². The number of nitro groups is 1. The topological polar surface area (TPSA) is 78.7 Å². The molecule has 0 radical (unpaired) electrons. The lowest BCUT2D eigenvalue weighted by Gasteiger charge is -2.36. The van der Waals surface area contributed by atoms with Gasteiger partial charge in [0, 0.05) is 50.0 Å². The quantitative estimate of drug-likeness (QED) is 0.449. The summed E-state index contributed by atoms with van der Waals surface area (Å²) in [6.07, 6.45) is 0.780. The average Bonchev–Trinajstić information content (AvgIpc) is 2.85. The zero-order chi connectivity index (χ0) is 22.3. The monoisotopic (exact) mass is 430 g/mol. The van der Waals surface area contributed by atoms with Crippen molar-refractivity contribution in [2.24, 2.45) is 0 Å². The second-order valence-corrected chi connectivity index (χ2v) is 7.77. The molecular weight excluding hydrogens is 404 g/mol. The minimum absolute atomic E-state index is 0.0391. The number of benzene rings is 3. The molecule has 32 heavy (non-hydrogen) atoms. The summed E-state index contributed by atoms with van der Waals surface area (Å²) < 4.78 is 0. The standard InChI is InChI=1S/C25H26N4O3/c30-25(21-9-5-2-6-10-21)28-17-15-27(16-18-28)22-11-12-24(29(31)32)23(19-22)26-14-13-20-7-3-1-4-8-20/h1-12,19,26H,13-18H2. The first-order chi connectivity index (χ1) is 15.6. The summed E-state index contributed by atoms with van der Waals surface area (Å²) in [7, 11) is 0. The lowest BCUT2D eigenvalue weighted by Crippen LogP contribution is -2.48. The lowest BCUT2D eigenvalue weighted by atomic mass is 10.1. The van der Waals surface area contributed by atoms with Crippen molar-refractivity contribution in [2.45, 2.75) is 6.42 Å². The zero-order valence-corrected chi connectivity index (χ0v) is 17.8. The van der Waals surface area contributed by atoms with Gasteiger partial charge in [0.1, 0.15) is 5.69 Å². The van der Waals surface area contributed by atoms with Crippen LogP contribution < -0.4 is 10.2 Å². The van der Waals surface area contributed by atoms with Gasteiger partial charge in [0.05, 0.1) is 4.92 Å². The van der Waals surface area contributed by atoms with Crippen LogP contribution in [0.5, 0.6) is 0 Å². The van der Waals surface area contributed by atoms with Crippen LogP contribution in [-0.2, 0) is 6.42 Å². The molecule has 7 heteroatoms. The molecule has 164 valence electrons. The summed E-state index contributed by atoms with van der Waals surface area (Å²) >= 11 is 0. The van der Waals surface area contributed by atoms with Crippen molar-refractivity contribution < 1.29 is 9.72 Å². The van der Waals surface area contributed by atoms with Crippen molar-refractivity contribution >= 4 is 23.0 Å². The fourth-order valence-electron chi connectivity index (χ4n) is 3.94. The number of carbonyl (C=O) groups is 1. The Kier molecular flexibility index (Phi) is 6.65. The van der Waals surface area contributed by atoms with Crippen LogP contribution in [0, 0.1) is 10.1 Å². The Hall–Kier alpha value is -3.87. The van der Waals surface area contributed by atoms with E-state index in [2.05, 4.69) is 10.2 Å². The van der Waals surface area contributed by atoms with Gasteiger partial charge in [-0.25, -0.2) is 0 Å². The first kappa shape index (κ1) is 21.4. The third kappa shape index (κ3) is 5.06. The highest BCUT2D eigenvalue weighted by Gasteiger charge is 2.23. The maximum Gasteiger partial charge on any atom is 0.292 e. The molecule has 0 saturated carbocycles. The molecule has 1 amide bonds. The van der Waals surface area contributed by atoms with Gasteiger partial charge in [-0.1, -0.05) is 48.5 Å². The molecule has 3 aromatic carbocycles. The molecule has 7 nitrogen and oxygen atoms in total. The molecule has 1 fully saturated rings. The Morgan fingerprint density at radius 3 is 2.22 bits per heavy atom. The molecular formula is C25H26N4O3. The van der Waals surface area contributed by atoms with E-state index in [1.165, 1.54) is 5.56 Å². The van der Waals surface area contributed by atoms with Crippen LogP contribution >= 0.6 is 0 Å². The molecule has 0 aliphatic carbocycles. The number of nitrogens with zero attached hydrogens (tertiary/aromatic N) is 3. The highest BCUT2D eigenvalue weighted by Crippen LogP contribution is 2.30. The van der Waals surface area contributed by atoms with Gasteiger partial charge in [0.2, 0.25) is 0 Å². The predicted octanol–water partition coefficient (Wildman–Crippen LogP) is 4.21. The van der Waals surface area contributed by atoms with Crippen LogP contribution in [0.4, 0.5) is 17.1 Å². The molecule has 1 saturated heterocycles. The Bertz CT molecular complexity index is 1070. The molecule has 1 heterocycles. The number of carbonyl (C=O) groups excluding carboxylic acids is 1. The van der Waals surface area contributed by atoms with Crippen molar-refractivity contribution in [3.05, 3.63) is 100 Å². The number of piperazine rings is 1. The molecule has 0 aromatic heterocycles. The Morgan fingerprint density at radius 1 is 0.906 bits per heavy atom. The molecule has 4 rings (SSSR count). The van der Waals surface area contributed by atoms with Crippen LogP contribution in [0.1, 0.15) is 15.9 Å². The molecule has 0 bridgehead atoms. The molecule has 0 spiro atoms. The number of anilines is 2. The third-order valence-electron chi connectivity index (χ3n) is 5.70. The van der Waals surface area contributed by atoms with E-state index in [-0.39, 0.29) is 16.5 Å². The molecule has 1 aliphatic heterocycles. The van der Waals surface area contributed by atoms with E-state index in [1.807, 2.05) is 71.6 Å². The number of hydrogen-bond donors (Lipinski definition) is 1. The van der Waals surface area contributed by atoms with Gasteiger partial charge < -0.3 is 15.1 Å². The normalized spacial score (nSPS) is 13.6. The van der Waals surface area contributed by atoms with Gasteiger partial charge in [-0.2, -0.15) is 0 Å². The van der Waals surface area contributed by atoms with Crippen LogP contribution in [0.15, 0.2) is 78.9 Å². The molecule has 0 atom stereocenters. The minimum atomic E-state index is -0.356. The minimum Gasteiger partial charge on any atom is -0.379 e. The number of nitrogens with one attached hydrogen (secondary N) is 1. The summed E-state index contributed by atoms with van der Waals surface area (Å²) in [5, 5.41) is 14.7. The zero-order valence-electron chi connectivity index (χ0n) is 17.8. The summed E-state index contributed by atoms with van der Waals surface area (Å²) in [5.74, 6) is 0.0391. The Balaban J connectivity index is 1.41. The number of rotatable bonds is 7. The van der Waals surface area contributed by atoms with Crippen molar-refractivity contribution in [2.75, 3.05) is 42.9 Å². The molecule has 0 unspecified atom stereocenters. The van der Waals surface area contributed by atoms with Crippen molar-refractivity contribution in [3.63, 3.8) is 0 Å². The van der Waals surface area contributed by atoms with Gasteiger partial charge in [-0.15, -0.1) is 0 Å². The van der Waals surface area contributed by atoms with Gasteiger partial charge >= 0.3 is 0 Å². The van der Waals surface area contributed by atoms with Gasteiger partial charge in [0.15, 0.2) is 0 Å². The first-order valence-corrected chi connectivity index (χ1v) is 10.8. The Labute approximate surface area is 187 Å². The average molecular weight is 431 g/mol. The molecule has 1 N–H and O–H groups in total. The highest BCUT2D eigenvalue weighted by molar-refractivity contribution is 5.94. The highest BCUT2D eigenvalue weighted by atomic mass is 16.6. The molecule has 3 aromatic rings. The van der Waals surface area contributed by atoms with E-state index in [9.17, 15) is 14.9 Å². The van der Waals surface area contributed by atoms with E-state index in [1.54, 1.807) is 12.1 Å². The SMILES string of the molecule is O=C(c1ccccc1)N1CCN(c2ccc([N+](=O)[O-])c(NCCc3ccccc3)c2)CC1. The van der Waals surface area contributed by atoms with E-state index in [4.69, 9.17) is 0 Å². The van der Waals surface area contributed by atoms with E-state index in [0.717, 1.165) is 12.1 Å². The Morgan fingerprint density at radius 2 is 1.56 bits per heavy atom. The largest absolute Gasteiger partial charge is 0.379 e. The number of hydrogen-bond acceptors (Lipinski definition) is 5. The summed E-state index contributed by atoms with van der Waals surface area (Å²) in [5.41, 5.74) is 3.38. The second-order valence-electron chi connectivity index (χ2n) is 7.77. The maximum absolute atomic E-state index is 12.7. The van der Waals surface area contributed by atoms with E-state index in [0.29, 0.717) is 44.0 Å². The second kappa shape index (κ2) is 9.96. The van der Waals surface area contributed by atoms with Crippen LogP contribution in [0.3, 0.4) is 0 Å². The van der Waals surface area contributed by atoms with E-state index < -0.39 is 0 Å². The van der Waals surface area contributed by atoms with Crippen molar-refractivity contribution in [1.29, 1.82) is 0 Å². The van der Waals surface area contributed by atoms with Gasteiger partial charge in [-0.3, -0.25) is 14.9 Å². The van der Waals surface area contributed by atoms with Crippen LogP contribution in [0.2, 0.25) is 0 Å².